The molecule has 0 unspecified atom stereocenters. The molecule has 1 spiro atoms. The van der Waals surface area contributed by atoms with Gasteiger partial charge in [-0.2, -0.15) is 0 Å². The van der Waals surface area contributed by atoms with Gasteiger partial charge in [-0.1, -0.05) is 13.8 Å². The number of benzene rings is 1. The summed E-state index contributed by atoms with van der Waals surface area (Å²) in [6, 6.07) is 5.30. The lowest BCUT2D eigenvalue weighted by molar-refractivity contribution is -0.146. The van der Waals surface area contributed by atoms with Crippen LogP contribution in [0.25, 0.3) is 0 Å². The van der Waals surface area contributed by atoms with Crippen LogP contribution in [0, 0.1) is 17.8 Å². The van der Waals surface area contributed by atoms with Crippen molar-refractivity contribution in [1.82, 2.24) is 15.5 Å². The number of hydrogen-bond donors (Lipinski definition) is 2. The molecule has 2 N–H and O–H groups in total. The molecule has 1 aliphatic heterocycles. The number of hydrogen-bond acceptors (Lipinski definition) is 5. The third-order valence-corrected chi connectivity index (χ3v) is 7.45. The number of ether oxygens (including phenoxy) is 2. The van der Waals surface area contributed by atoms with Crippen LogP contribution in [0.3, 0.4) is 0 Å². The highest BCUT2D eigenvalue weighted by Gasteiger charge is 2.57. The van der Waals surface area contributed by atoms with E-state index in [0.717, 1.165) is 51.9 Å². The summed E-state index contributed by atoms with van der Waals surface area (Å²) in [5.74, 6) is 1.67. The molecule has 1 heterocycles. The summed E-state index contributed by atoms with van der Waals surface area (Å²) in [5.41, 5.74) is -0.172. The molecule has 3 aliphatic carbocycles. The van der Waals surface area contributed by atoms with E-state index in [4.69, 9.17) is 9.47 Å². The molecule has 0 radical (unpaired) electrons. The molecule has 0 saturated heterocycles. The number of nitrogens with one attached hydrogen (secondary N) is 2. The number of fused-ring (bicyclic) bond motifs is 3. The Morgan fingerprint density at radius 1 is 1.32 bits per heavy atom. The first-order valence-corrected chi connectivity index (χ1v) is 11.7. The normalized spacial score (nSPS) is 28.8. The lowest BCUT2D eigenvalue weighted by Gasteiger charge is -2.55. The van der Waals surface area contributed by atoms with Crippen LogP contribution in [0.4, 0.5) is 0 Å². The molecule has 1 aromatic rings. The van der Waals surface area contributed by atoms with Crippen molar-refractivity contribution in [2.45, 2.75) is 51.7 Å². The molecule has 2 amide bonds. The molecule has 4 atom stereocenters. The van der Waals surface area contributed by atoms with E-state index in [2.05, 4.69) is 29.4 Å². The first-order valence-electron chi connectivity index (χ1n) is 11.7. The molecule has 5 rings (SSSR count). The van der Waals surface area contributed by atoms with Crippen molar-refractivity contribution in [3.63, 3.8) is 0 Å². The Morgan fingerprint density at radius 2 is 2.13 bits per heavy atom. The van der Waals surface area contributed by atoms with Gasteiger partial charge in [0.25, 0.3) is 5.91 Å². The summed E-state index contributed by atoms with van der Waals surface area (Å²) in [6.07, 6.45) is 4.38. The van der Waals surface area contributed by atoms with E-state index in [1.165, 1.54) is 0 Å². The van der Waals surface area contributed by atoms with E-state index >= 15 is 0 Å². The minimum absolute atomic E-state index is 0.00466. The summed E-state index contributed by atoms with van der Waals surface area (Å²) >= 11 is 0. The Bertz CT molecular complexity index is 825. The number of methoxy groups -OCH3 is 1. The molecular weight excluding hydrogens is 394 g/mol. The van der Waals surface area contributed by atoms with Gasteiger partial charge in [-0.15, -0.1) is 0 Å². The van der Waals surface area contributed by atoms with E-state index in [1.54, 1.807) is 25.3 Å². The van der Waals surface area contributed by atoms with E-state index in [1.807, 2.05) is 0 Å². The second-order valence-electron chi connectivity index (χ2n) is 9.06. The smallest absolute Gasteiger partial charge is 0.258 e. The average Bonchev–Trinajstić information content (AvgIpc) is 2.78. The van der Waals surface area contributed by atoms with Crippen molar-refractivity contribution in [3.8, 4) is 11.5 Å². The van der Waals surface area contributed by atoms with Gasteiger partial charge < -0.3 is 25.0 Å². The van der Waals surface area contributed by atoms with Gasteiger partial charge in [0.15, 0.2) is 5.72 Å². The summed E-state index contributed by atoms with van der Waals surface area (Å²) in [5, 5.41) is 6.32. The number of rotatable bonds is 8. The fraction of sp³-hybridized carbons (Fsp3) is 0.667. The van der Waals surface area contributed by atoms with E-state index in [0.29, 0.717) is 23.5 Å². The Hall–Kier alpha value is -2.28. The van der Waals surface area contributed by atoms with E-state index < -0.39 is 5.72 Å². The van der Waals surface area contributed by atoms with Crippen LogP contribution < -0.4 is 20.1 Å². The Morgan fingerprint density at radius 3 is 2.81 bits per heavy atom. The third-order valence-electron chi connectivity index (χ3n) is 7.45. The van der Waals surface area contributed by atoms with Gasteiger partial charge in [0.1, 0.15) is 11.5 Å². The van der Waals surface area contributed by atoms with Gasteiger partial charge in [-0.25, -0.2) is 0 Å². The summed E-state index contributed by atoms with van der Waals surface area (Å²) < 4.78 is 11.7. The van der Waals surface area contributed by atoms with Gasteiger partial charge in [0.05, 0.1) is 12.7 Å². The maximum absolute atomic E-state index is 12.9. The topological polar surface area (TPSA) is 79.9 Å². The first kappa shape index (κ1) is 21.9. The highest BCUT2D eigenvalue weighted by molar-refractivity contribution is 5.98. The molecule has 31 heavy (non-hydrogen) atoms. The molecule has 2 bridgehead atoms. The highest BCUT2D eigenvalue weighted by Crippen LogP contribution is 2.52. The maximum atomic E-state index is 12.9. The number of carbonyl (C=O) groups is 2. The van der Waals surface area contributed by atoms with Crippen LogP contribution in [0.5, 0.6) is 11.5 Å². The van der Waals surface area contributed by atoms with Crippen LogP contribution in [0.2, 0.25) is 0 Å². The third kappa shape index (κ3) is 4.25. The predicted molar refractivity (Wildman–Crippen MR) is 118 cm³/mol. The molecule has 3 fully saturated rings. The molecule has 170 valence electrons. The van der Waals surface area contributed by atoms with Crippen molar-refractivity contribution in [1.29, 1.82) is 0 Å². The summed E-state index contributed by atoms with van der Waals surface area (Å²) in [7, 11) is 1.61. The van der Waals surface area contributed by atoms with Crippen LogP contribution in [-0.2, 0) is 4.79 Å². The van der Waals surface area contributed by atoms with Gasteiger partial charge in [-0.05, 0) is 63.4 Å². The fourth-order valence-electron chi connectivity index (χ4n) is 5.62. The van der Waals surface area contributed by atoms with Crippen molar-refractivity contribution < 1.29 is 19.1 Å². The molecule has 3 saturated carbocycles. The minimum atomic E-state index is -0.709. The highest BCUT2D eigenvalue weighted by atomic mass is 16.5. The molecule has 4 aliphatic rings. The number of amides is 2. The number of carbonyl (C=O) groups excluding carboxylic acids is 2. The second kappa shape index (κ2) is 9.07. The molecule has 7 heteroatoms. The van der Waals surface area contributed by atoms with Crippen molar-refractivity contribution in [2.75, 3.05) is 33.3 Å². The van der Waals surface area contributed by atoms with Gasteiger partial charge in [-0.3, -0.25) is 9.59 Å². The standard InChI is InChI=1S/C24H35N3O4/c1-4-27(5-2)12-6-11-25-22(28)20-13-17-8-7-16(20)15-24(17)26-23(29)19-10-9-18(30-3)14-21(19)31-24/h9-10,14,16-17,20H,4-8,11-13,15H2,1-3H3,(H,25,28)(H,26,29)/t16-,17+,20+,24-/m0/s1. The SMILES string of the molecule is CCN(CC)CCCNC(=O)[C@@H]1C[C@H]2CC[C@H]1C[C@@]21NC(=O)c2ccc(OC)cc2O1. The Balaban J connectivity index is 1.39. The van der Waals surface area contributed by atoms with Gasteiger partial charge >= 0.3 is 0 Å². The van der Waals surface area contributed by atoms with Crippen LogP contribution in [-0.4, -0.2) is 55.7 Å². The maximum Gasteiger partial charge on any atom is 0.258 e. The predicted octanol–water partition coefficient (Wildman–Crippen LogP) is 2.80. The monoisotopic (exact) mass is 429 g/mol. The lowest BCUT2D eigenvalue weighted by atomic mass is 9.60. The Kier molecular flexibility index (Phi) is 6.42. The number of nitrogens with zero attached hydrogens (tertiary/aromatic N) is 1. The fourth-order valence-corrected chi connectivity index (χ4v) is 5.62. The second-order valence-corrected chi connectivity index (χ2v) is 9.06. The zero-order valence-corrected chi connectivity index (χ0v) is 18.9. The zero-order chi connectivity index (χ0) is 22.0. The van der Waals surface area contributed by atoms with Crippen molar-refractivity contribution >= 4 is 11.8 Å². The minimum Gasteiger partial charge on any atom is -0.497 e. The van der Waals surface area contributed by atoms with Gasteiger partial charge in [0, 0.05) is 30.9 Å². The van der Waals surface area contributed by atoms with Crippen LogP contribution in [0.1, 0.15) is 56.3 Å². The van der Waals surface area contributed by atoms with Crippen molar-refractivity contribution in [3.05, 3.63) is 23.8 Å². The Labute approximate surface area is 184 Å². The largest absolute Gasteiger partial charge is 0.497 e. The average molecular weight is 430 g/mol. The molecular formula is C24H35N3O4. The zero-order valence-electron chi connectivity index (χ0n) is 18.9. The summed E-state index contributed by atoms with van der Waals surface area (Å²) in [4.78, 5) is 28.1. The van der Waals surface area contributed by atoms with Gasteiger partial charge in [0.2, 0.25) is 5.91 Å². The quantitative estimate of drug-likeness (QED) is 0.621. The first-order chi connectivity index (χ1) is 15.0. The summed E-state index contributed by atoms with van der Waals surface area (Å²) in [6.45, 7) is 8.14. The molecule has 0 aromatic heterocycles. The van der Waals surface area contributed by atoms with Crippen molar-refractivity contribution in [2.24, 2.45) is 17.8 Å². The van der Waals surface area contributed by atoms with E-state index in [9.17, 15) is 9.59 Å². The molecule has 7 nitrogen and oxygen atoms in total. The van der Waals surface area contributed by atoms with E-state index in [-0.39, 0.29) is 29.6 Å². The molecule has 1 aromatic carbocycles. The van der Waals surface area contributed by atoms with Crippen LogP contribution in [0.15, 0.2) is 18.2 Å². The lowest BCUT2D eigenvalue weighted by Crippen LogP contribution is -2.66. The van der Waals surface area contributed by atoms with Crippen LogP contribution >= 0.6 is 0 Å².